The van der Waals surface area contributed by atoms with Crippen molar-refractivity contribution in [3.63, 3.8) is 0 Å². The Kier molecular flexibility index (Phi) is 8.90. The number of hydrogen-bond acceptors (Lipinski definition) is 5. The molecule has 0 radical (unpaired) electrons. The Morgan fingerprint density at radius 2 is 1.73 bits per heavy atom. The van der Waals surface area contributed by atoms with E-state index in [1.165, 1.54) is 0 Å². The molecule has 33 heavy (non-hydrogen) atoms. The lowest BCUT2D eigenvalue weighted by molar-refractivity contribution is -0.118. The number of fused-ring (bicyclic) bond motifs is 1. The number of amides is 1. The smallest absolute Gasteiger partial charge is 0.228 e. The minimum Gasteiger partial charge on any atom is -0.492 e. The van der Waals surface area contributed by atoms with Crippen molar-refractivity contribution in [2.75, 3.05) is 57.3 Å². The molecule has 0 N–H and O–H groups in total. The Balaban J connectivity index is 0.00000306. The van der Waals surface area contributed by atoms with Crippen LogP contribution in [-0.2, 0) is 11.2 Å². The van der Waals surface area contributed by atoms with E-state index in [9.17, 15) is 9.59 Å². The van der Waals surface area contributed by atoms with Gasteiger partial charge in [-0.2, -0.15) is 0 Å². The van der Waals surface area contributed by atoms with Crippen LogP contribution in [0, 0.1) is 12.3 Å². The highest BCUT2D eigenvalue weighted by molar-refractivity contribution is 6.01. The molecule has 0 unspecified atom stereocenters. The van der Waals surface area contributed by atoms with Gasteiger partial charge < -0.3 is 9.64 Å². The molecule has 0 aliphatic carbocycles. The van der Waals surface area contributed by atoms with Crippen molar-refractivity contribution in [2.45, 2.75) is 12.8 Å². The normalized spacial score (nSPS) is 16.5. The van der Waals surface area contributed by atoms with Crippen molar-refractivity contribution in [1.29, 1.82) is 0 Å². The molecule has 2 aliphatic rings. The van der Waals surface area contributed by atoms with E-state index in [1.54, 1.807) is 4.90 Å². The molecular weight excluding hydrogens is 438 g/mol. The van der Waals surface area contributed by atoms with Crippen LogP contribution >= 0.6 is 12.4 Å². The predicted octanol–water partition coefficient (Wildman–Crippen LogP) is 2.90. The summed E-state index contributed by atoms with van der Waals surface area (Å²) in [5.74, 6) is 3.60. The summed E-state index contributed by atoms with van der Waals surface area (Å²) in [6.07, 6.45) is 6.50. The molecule has 1 fully saturated rings. The van der Waals surface area contributed by atoms with E-state index in [-0.39, 0.29) is 30.6 Å². The minimum absolute atomic E-state index is 0. The highest BCUT2D eigenvalue weighted by atomic mass is 35.5. The molecule has 174 valence electrons. The summed E-state index contributed by atoms with van der Waals surface area (Å²) in [6.45, 7) is 5.82. The summed E-state index contributed by atoms with van der Waals surface area (Å²) in [6, 6.07) is 15.5. The summed E-state index contributed by atoms with van der Waals surface area (Å²) in [7, 11) is 0. The van der Waals surface area contributed by atoms with Crippen molar-refractivity contribution in [1.82, 2.24) is 9.80 Å². The van der Waals surface area contributed by atoms with Crippen molar-refractivity contribution >= 4 is 29.8 Å². The van der Waals surface area contributed by atoms with E-state index in [2.05, 4.69) is 15.7 Å². The van der Waals surface area contributed by atoms with Crippen LogP contribution in [0.1, 0.15) is 22.3 Å². The summed E-state index contributed by atoms with van der Waals surface area (Å²) >= 11 is 0. The Hall–Kier alpha value is -2.85. The number of benzene rings is 2. The lowest BCUT2D eigenvalue weighted by Crippen LogP contribution is -2.48. The first-order valence-electron chi connectivity index (χ1n) is 11.2. The molecule has 0 bridgehead atoms. The van der Waals surface area contributed by atoms with Gasteiger partial charge in [-0.3, -0.25) is 19.4 Å². The van der Waals surface area contributed by atoms with Crippen LogP contribution < -0.4 is 9.64 Å². The molecule has 2 aromatic rings. The molecule has 0 aromatic heterocycles. The van der Waals surface area contributed by atoms with Gasteiger partial charge in [0.15, 0.2) is 5.78 Å². The average Bonchev–Trinajstić information content (AvgIpc) is 2.82. The average molecular weight is 468 g/mol. The first kappa shape index (κ1) is 24.8. The highest BCUT2D eigenvalue weighted by Gasteiger charge is 2.25. The molecule has 2 heterocycles. The summed E-state index contributed by atoms with van der Waals surface area (Å²) in [5.41, 5.74) is 2.56. The molecule has 0 atom stereocenters. The number of halogens is 1. The van der Waals surface area contributed by atoms with E-state index >= 15 is 0 Å². The first-order valence-corrected chi connectivity index (χ1v) is 11.2. The molecule has 2 aromatic carbocycles. The number of aryl methyl sites for hydroxylation is 1. The lowest BCUT2D eigenvalue weighted by Gasteiger charge is -2.34. The monoisotopic (exact) mass is 467 g/mol. The van der Waals surface area contributed by atoms with Crippen molar-refractivity contribution in [3.8, 4) is 18.1 Å². The zero-order chi connectivity index (χ0) is 22.3. The number of terminal acetylenes is 1. The third kappa shape index (κ3) is 6.35. The molecule has 7 heteroatoms. The van der Waals surface area contributed by atoms with Gasteiger partial charge in [-0.05, 0) is 42.3 Å². The maximum absolute atomic E-state index is 12.9. The molecular formula is C26H30ClN3O3. The van der Waals surface area contributed by atoms with Gasteiger partial charge in [0.2, 0.25) is 5.91 Å². The second-order valence-electron chi connectivity index (χ2n) is 8.23. The van der Waals surface area contributed by atoms with Gasteiger partial charge in [0.05, 0.1) is 13.1 Å². The van der Waals surface area contributed by atoms with Gasteiger partial charge in [0, 0.05) is 50.4 Å². The fraction of sp³-hybridized carbons (Fsp3) is 0.385. The van der Waals surface area contributed by atoms with Crippen molar-refractivity contribution in [2.24, 2.45) is 0 Å². The van der Waals surface area contributed by atoms with E-state index in [1.807, 2.05) is 48.5 Å². The number of carbonyl (C=O) groups is 2. The number of carbonyl (C=O) groups excluding carboxylic acids is 2. The number of anilines is 1. The van der Waals surface area contributed by atoms with Crippen molar-refractivity contribution < 1.29 is 14.3 Å². The Morgan fingerprint density at radius 1 is 1.00 bits per heavy atom. The van der Waals surface area contributed by atoms with Gasteiger partial charge in [-0.1, -0.05) is 24.1 Å². The zero-order valence-electron chi connectivity index (χ0n) is 18.7. The third-order valence-electron chi connectivity index (χ3n) is 6.10. The largest absolute Gasteiger partial charge is 0.492 e. The molecule has 0 saturated carbocycles. The molecule has 6 nitrogen and oxygen atoms in total. The van der Waals surface area contributed by atoms with Crippen LogP contribution in [-0.4, -0.2) is 73.9 Å². The van der Waals surface area contributed by atoms with Gasteiger partial charge in [0.1, 0.15) is 12.4 Å². The number of ether oxygens (including phenoxy) is 1. The fourth-order valence-electron chi connectivity index (χ4n) is 4.27. The number of Topliss-reactive ketones (excluding diaryl/α,β-unsaturated/α-hetero) is 1. The summed E-state index contributed by atoms with van der Waals surface area (Å²) in [4.78, 5) is 31.3. The van der Waals surface area contributed by atoms with Gasteiger partial charge in [0.25, 0.3) is 0 Å². The molecule has 0 spiro atoms. The standard InChI is InChI=1S/C26H29N3O3.ClH/c1-2-12-29-24-10-8-22(19-21(24)9-11-26(29)31)25(30)20-28-15-13-27(14-16-28)17-18-32-23-6-4-3-5-7-23;/h1,3-8,10,19H,9,11-18,20H2;1H. The van der Waals surface area contributed by atoms with E-state index in [4.69, 9.17) is 11.2 Å². The SMILES string of the molecule is C#CCN1C(=O)CCc2cc(C(=O)CN3CCN(CCOc4ccccc4)CC3)ccc21.Cl. The van der Waals surface area contributed by atoms with Crippen LogP contribution in [0.3, 0.4) is 0 Å². The fourth-order valence-corrected chi connectivity index (χ4v) is 4.27. The second-order valence-corrected chi connectivity index (χ2v) is 8.23. The first-order chi connectivity index (χ1) is 15.6. The zero-order valence-corrected chi connectivity index (χ0v) is 19.6. The maximum Gasteiger partial charge on any atom is 0.228 e. The topological polar surface area (TPSA) is 53.1 Å². The molecule has 1 amide bonds. The lowest BCUT2D eigenvalue weighted by atomic mass is 9.97. The minimum atomic E-state index is 0. The number of nitrogens with zero attached hydrogens (tertiary/aromatic N) is 3. The number of hydrogen-bond donors (Lipinski definition) is 0. The molecule has 2 aliphatic heterocycles. The van der Waals surface area contributed by atoms with Crippen LogP contribution in [0.15, 0.2) is 48.5 Å². The van der Waals surface area contributed by atoms with Gasteiger partial charge >= 0.3 is 0 Å². The number of rotatable bonds is 8. The number of para-hydroxylation sites is 1. The Labute approximate surface area is 201 Å². The third-order valence-corrected chi connectivity index (χ3v) is 6.10. The van der Waals surface area contributed by atoms with E-state index < -0.39 is 0 Å². The van der Waals surface area contributed by atoms with Crippen LogP contribution in [0.5, 0.6) is 5.75 Å². The maximum atomic E-state index is 12.9. The van der Waals surface area contributed by atoms with Crippen LogP contribution in [0.2, 0.25) is 0 Å². The Morgan fingerprint density at radius 3 is 2.45 bits per heavy atom. The Bertz CT molecular complexity index is 998. The second kappa shape index (κ2) is 11.9. The number of piperazine rings is 1. The van der Waals surface area contributed by atoms with Crippen molar-refractivity contribution in [3.05, 3.63) is 59.7 Å². The van der Waals surface area contributed by atoms with Gasteiger partial charge in [-0.15, -0.1) is 18.8 Å². The highest BCUT2D eigenvalue weighted by Crippen LogP contribution is 2.28. The van der Waals surface area contributed by atoms with Crippen LogP contribution in [0.25, 0.3) is 0 Å². The van der Waals surface area contributed by atoms with E-state index in [0.717, 1.165) is 49.7 Å². The van der Waals surface area contributed by atoms with E-state index in [0.29, 0.717) is 31.6 Å². The van der Waals surface area contributed by atoms with Gasteiger partial charge in [-0.25, -0.2) is 0 Å². The summed E-state index contributed by atoms with van der Waals surface area (Å²) < 4.78 is 5.79. The quantitative estimate of drug-likeness (QED) is 0.441. The number of ketones is 1. The summed E-state index contributed by atoms with van der Waals surface area (Å²) in [5, 5.41) is 0. The molecule has 1 saturated heterocycles. The van der Waals surface area contributed by atoms with Crippen LogP contribution in [0.4, 0.5) is 5.69 Å². The predicted molar refractivity (Wildman–Crippen MR) is 132 cm³/mol. The molecule has 4 rings (SSSR count).